The molecule has 0 radical (unpaired) electrons. The maximum Gasteiger partial charge on any atom is 0.0491 e. The fraction of sp³-hybridized carbons (Fsp3) is 1.00. The van der Waals surface area contributed by atoms with Crippen LogP contribution in [0.15, 0.2) is 0 Å². The SMILES string of the molecule is CC.CC.CCN1CCC(CCOC)CC1.COCC1CCN(C2CCCC2)CC1. The van der Waals surface area contributed by atoms with E-state index in [1.807, 2.05) is 34.8 Å². The van der Waals surface area contributed by atoms with Gasteiger partial charge in [-0.15, -0.1) is 0 Å². The zero-order valence-corrected chi connectivity index (χ0v) is 21.8. The zero-order valence-electron chi connectivity index (χ0n) is 21.8. The van der Waals surface area contributed by atoms with E-state index in [1.54, 1.807) is 7.11 Å². The second-order valence-corrected chi connectivity index (χ2v) is 8.53. The van der Waals surface area contributed by atoms with E-state index in [9.17, 15) is 0 Å². The third-order valence-electron chi connectivity index (χ3n) is 6.78. The number of nitrogens with zero attached hydrogens (tertiary/aromatic N) is 2. The number of hydrogen-bond acceptors (Lipinski definition) is 4. The highest BCUT2D eigenvalue weighted by molar-refractivity contribution is 4.81. The Balaban J connectivity index is 0.000000486. The second-order valence-electron chi connectivity index (χ2n) is 8.53. The normalized spacial score (nSPS) is 21.7. The molecule has 0 aromatic carbocycles. The van der Waals surface area contributed by atoms with Crippen LogP contribution in [-0.4, -0.2) is 76.0 Å². The fourth-order valence-electron chi connectivity index (χ4n) is 4.87. The van der Waals surface area contributed by atoms with Crippen LogP contribution in [0.5, 0.6) is 0 Å². The molecule has 3 rings (SSSR count). The molecule has 0 amide bonds. The van der Waals surface area contributed by atoms with Gasteiger partial charge in [-0.2, -0.15) is 0 Å². The number of hydrogen-bond donors (Lipinski definition) is 0. The number of likely N-dealkylation sites (tertiary alicyclic amines) is 2. The van der Waals surface area contributed by atoms with Crippen molar-refractivity contribution in [3.8, 4) is 0 Å². The largest absolute Gasteiger partial charge is 0.385 e. The van der Waals surface area contributed by atoms with Crippen molar-refractivity contribution in [1.82, 2.24) is 9.80 Å². The van der Waals surface area contributed by atoms with E-state index < -0.39 is 0 Å². The van der Waals surface area contributed by atoms with Crippen molar-refractivity contribution in [2.75, 3.05) is 60.2 Å². The summed E-state index contributed by atoms with van der Waals surface area (Å²) in [6.07, 6.45) is 12.5. The van der Waals surface area contributed by atoms with Gasteiger partial charge in [0.1, 0.15) is 0 Å². The first-order valence-electron chi connectivity index (χ1n) is 13.2. The summed E-state index contributed by atoms with van der Waals surface area (Å²) < 4.78 is 10.3. The molecule has 0 spiro atoms. The van der Waals surface area contributed by atoms with E-state index in [1.165, 1.54) is 90.5 Å². The van der Waals surface area contributed by atoms with Crippen LogP contribution in [0.1, 0.15) is 92.4 Å². The molecule has 3 fully saturated rings. The maximum absolute atomic E-state index is 5.22. The van der Waals surface area contributed by atoms with E-state index in [2.05, 4.69) is 16.7 Å². The molecule has 4 heteroatoms. The molecular weight excluding hydrogens is 372 g/mol. The van der Waals surface area contributed by atoms with E-state index >= 15 is 0 Å². The lowest BCUT2D eigenvalue weighted by Crippen LogP contribution is -2.40. The number of ether oxygens (including phenoxy) is 2. The predicted octanol–water partition coefficient (Wildman–Crippen LogP) is 6.09. The lowest BCUT2D eigenvalue weighted by atomic mass is 9.94. The van der Waals surface area contributed by atoms with Crippen molar-refractivity contribution in [1.29, 1.82) is 0 Å². The number of methoxy groups -OCH3 is 2. The first-order chi connectivity index (χ1) is 14.8. The Bertz CT molecular complexity index is 332. The van der Waals surface area contributed by atoms with Gasteiger partial charge >= 0.3 is 0 Å². The molecule has 3 aliphatic rings. The van der Waals surface area contributed by atoms with Crippen molar-refractivity contribution in [2.24, 2.45) is 11.8 Å². The van der Waals surface area contributed by atoms with Crippen molar-refractivity contribution >= 4 is 0 Å². The van der Waals surface area contributed by atoms with Gasteiger partial charge in [-0.25, -0.2) is 0 Å². The van der Waals surface area contributed by atoms with Crippen molar-refractivity contribution < 1.29 is 9.47 Å². The second kappa shape index (κ2) is 20.7. The summed E-state index contributed by atoms with van der Waals surface area (Å²) in [5.74, 6) is 1.76. The van der Waals surface area contributed by atoms with Gasteiger partial charge in [0.2, 0.25) is 0 Å². The molecule has 182 valence electrons. The molecular formula is C26H56N2O2. The molecule has 0 unspecified atom stereocenters. The molecule has 2 saturated heterocycles. The quantitative estimate of drug-likeness (QED) is 0.489. The van der Waals surface area contributed by atoms with Crippen molar-refractivity contribution in [3.63, 3.8) is 0 Å². The van der Waals surface area contributed by atoms with Gasteiger partial charge in [0, 0.05) is 33.5 Å². The fourth-order valence-corrected chi connectivity index (χ4v) is 4.87. The third-order valence-corrected chi connectivity index (χ3v) is 6.78. The van der Waals surface area contributed by atoms with Crippen LogP contribution < -0.4 is 0 Å². The van der Waals surface area contributed by atoms with Gasteiger partial charge in [0.05, 0.1) is 0 Å². The van der Waals surface area contributed by atoms with Gasteiger partial charge < -0.3 is 19.3 Å². The van der Waals surface area contributed by atoms with Gasteiger partial charge in [0.15, 0.2) is 0 Å². The Morgan fingerprint density at radius 3 is 1.70 bits per heavy atom. The third kappa shape index (κ3) is 12.6. The molecule has 1 aliphatic carbocycles. The van der Waals surface area contributed by atoms with E-state index in [0.717, 1.165) is 31.1 Å². The highest BCUT2D eigenvalue weighted by Gasteiger charge is 2.26. The van der Waals surface area contributed by atoms with Crippen LogP contribution >= 0.6 is 0 Å². The minimum absolute atomic E-state index is 0.831. The van der Waals surface area contributed by atoms with Crippen LogP contribution in [-0.2, 0) is 9.47 Å². The lowest BCUT2D eigenvalue weighted by molar-refractivity contribution is 0.0808. The highest BCUT2D eigenvalue weighted by atomic mass is 16.5. The van der Waals surface area contributed by atoms with Gasteiger partial charge in [-0.05, 0) is 89.5 Å². The molecule has 0 atom stereocenters. The van der Waals surface area contributed by atoms with E-state index in [-0.39, 0.29) is 0 Å². The zero-order chi connectivity index (χ0) is 22.6. The summed E-state index contributed by atoms with van der Waals surface area (Å²) in [5, 5.41) is 0. The summed E-state index contributed by atoms with van der Waals surface area (Å²) in [6, 6.07) is 0.929. The topological polar surface area (TPSA) is 24.9 Å². The minimum atomic E-state index is 0.831. The van der Waals surface area contributed by atoms with Gasteiger partial charge in [-0.3, -0.25) is 0 Å². The Kier molecular flexibility index (Phi) is 20.6. The number of piperidine rings is 2. The summed E-state index contributed by atoms with van der Waals surface area (Å²) in [7, 11) is 3.62. The standard InChI is InChI=1S/C12H23NO.C10H21NO.2C2H6/c1-14-10-11-6-8-13(9-7-11)12-4-2-3-5-12;1-3-11-7-4-10(5-8-11)6-9-12-2;2*1-2/h11-12H,2-10H2,1H3;10H,3-9H2,1-2H3;2*1-2H3. The summed E-state index contributed by atoms with van der Waals surface area (Å²) in [5.41, 5.74) is 0. The summed E-state index contributed by atoms with van der Waals surface area (Å²) in [4.78, 5) is 5.25. The Labute approximate surface area is 190 Å². The van der Waals surface area contributed by atoms with Crippen LogP contribution in [0.4, 0.5) is 0 Å². The average Bonchev–Trinajstić information content (AvgIpc) is 3.37. The lowest BCUT2D eigenvalue weighted by Gasteiger charge is -2.35. The van der Waals surface area contributed by atoms with Gasteiger partial charge in [-0.1, -0.05) is 47.5 Å². The smallest absolute Gasteiger partial charge is 0.0491 e. The molecule has 0 aromatic rings. The first-order valence-corrected chi connectivity index (χ1v) is 13.2. The molecule has 30 heavy (non-hydrogen) atoms. The number of rotatable bonds is 7. The maximum atomic E-state index is 5.22. The predicted molar refractivity (Wildman–Crippen MR) is 132 cm³/mol. The van der Waals surface area contributed by atoms with E-state index in [4.69, 9.17) is 9.47 Å². The van der Waals surface area contributed by atoms with Crippen LogP contribution in [0.25, 0.3) is 0 Å². The average molecular weight is 429 g/mol. The molecule has 0 bridgehead atoms. The molecule has 1 saturated carbocycles. The Morgan fingerprint density at radius 2 is 1.23 bits per heavy atom. The van der Waals surface area contributed by atoms with Crippen LogP contribution in [0.2, 0.25) is 0 Å². The summed E-state index contributed by atoms with van der Waals surface area (Å²) in [6.45, 7) is 18.6. The Hall–Kier alpha value is -0.160. The summed E-state index contributed by atoms with van der Waals surface area (Å²) >= 11 is 0. The van der Waals surface area contributed by atoms with Crippen LogP contribution in [0, 0.1) is 11.8 Å². The van der Waals surface area contributed by atoms with Crippen LogP contribution in [0.3, 0.4) is 0 Å². The van der Waals surface area contributed by atoms with E-state index in [0.29, 0.717) is 0 Å². The molecule has 0 aromatic heterocycles. The molecule has 2 aliphatic heterocycles. The monoisotopic (exact) mass is 428 g/mol. The highest BCUT2D eigenvalue weighted by Crippen LogP contribution is 2.27. The van der Waals surface area contributed by atoms with Crippen molar-refractivity contribution in [3.05, 3.63) is 0 Å². The van der Waals surface area contributed by atoms with Crippen molar-refractivity contribution in [2.45, 2.75) is 98.4 Å². The molecule has 2 heterocycles. The van der Waals surface area contributed by atoms with Gasteiger partial charge in [0.25, 0.3) is 0 Å². The minimum Gasteiger partial charge on any atom is -0.385 e. The Morgan fingerprint density at radius 1 is 0.700 bits per heavy atom. The molecule has 4 nitrogen and oxygen atoms in total. The first kappa shape index (κ1) is 29.8. The molecule has 0 N–H and O–H groups in total.